The minimum absolute atomic E-state index is 0.774. The summed E-state index contributed by atoms with van der Waals surface area (Å²) in [5.41, 5.74) is 11.3. The van der Waals surface area contributed by atoms with E-state index in [0.717, 1.165) is 10.6 Å². The Kier molecular flexibility index (Phi) is 4.62. The summed E-state index contributed by atoms with van der Waals surface area (Å²) in [5.74, 6) is 0. The van der Waals surface area contributed by atoms with Gasteiger partial charge in [-0.2, -0.15) is 0 Å². The second-order valence-corrected chi connectivity index (χ2v) is 10.7. The highest BCUT2D eigenvalue weighted by Crippen LogP contribution is 2.58. The molecule has 0 heterocycles. The van der Waals surface area contributed by atoms with Gasteiger partial charge < -0.3 is 0 Å². The van der Waals surface area contributed by atoms with Gasteiger partial charge in [-0.05, 0) is 89.5 Å². The van der Waals surface area contributed by atoms with E-state index in [9.17, 15) is 0 Å². The van der Waals surface area contributed by atoms with Crippen LogP contribution in [-0.2, 0) is 0 Å². The third-order valence-electron chi connectivity index (χ3n) is 8.18. The van der Waals surface area contributed by atoms with Crippen LogP contribution in [0.2, 0.25) is 5.02 Å². The van der Waals surface area contributed by atoms with Crippen LogP contribution in [0.5, 0.6) is 0 Å². The first kappa shape index (κ1) is 21.7. The molecule has 0 nitrogen and oxygen atoms in total. The van der Waals surface area contributed by atoms with Gasteiger partial charge in [0.15, 0.2) is 0 Å². The maximum atomic E-state index is 6.98. The molecule has 2 heteroatoms. The molecule has 1 aliphatic carbocycles. The zero-order chi connectivity index (χ0) is 25.4. The Labute approximate surface area is 227 Å². The number of fused-ring (bicyclic) bond motifs is 5. The zero-order valence-corrected chi connectivity index (χ0v) is 21.7. The topological polar surface area (TPSA) is 0 Å². The van der Waals surface area contributed by atoms with Crippen LogP contribution >= 0.6 is 11.6 Å². The maximum Gasteiger partial charge on any atom is 0.140 e. The molecule has 38 heavy (non-hydrogen) atoms. The predicted molar refractivity (Wildman–Crippen MR) is 167 cm³/mol. The minimum atomic E-state index is 0.774. The lowest BCUT2D eigenvalue weighted by Gasteiger charge is -2.21. The van der Waals surface area contributed by atoms with E-state index in [-0.39, 0.29) is 0 Å². The van der Waals surface area contributed by atoms with E-state index in [1.807, 2.05) is 12.1 Å². The van der Waals surface area contributed by atoms with Crippen LogP contribution in [0.4, 0.5) is 0 Å². The molecule has 0 N–H and O–H groups in total. The van der Waals surface area contributed by atoms with Crippen LogP contribution in [0.25, 0.3) is 76.8 Å². The van der Waals surface area contributed by atoms with Gasteiger partial charge in [0.2, 0.25) is 0 Å². The Bertz CT molecular complexity index is 2090. The zero-order valence-electron chi connectivity index (χ0n) is 20.9. The molecule has 0 aromatic heterocycles. The second kappa shape index (κ2) is 8.09. The number of hydrogen-bond acceptors (Lipinski definition) is 0. The van der Waals surface area contributed by atoms with Gasteiger partial charge in [0.1, 0.15) is 7.85 Å². The normalized spacial score (nSPS) is 11.9. The van der Waals surface area contributed by atoms with Crippen LogP contribution < -0.4 is 5.46 Å². The van der Waals surface area contributed by atoms with E-state index in [2.05, 4.69) is 117 Å². The van der Waals surface area contributed by atoms with Gasteiger partial charge in [-0.15, -0.1) is 0 Å². The average Bonchev–Trinajstić information content (AvgIpc) is 3.28. The summed E-state index contributed by atoms with van der Waals surface area (Å²) >= 11 is 6.98. The standard InChI is InChI=1S/C36H22BCl/c37-30-18-17-27-33-24(30)14-8-15-26(33)35-32(21-9-2-1-3-10-21)28-19-22-11-4-5-12-23(22)20-29(28)34(36(27)35)25-13-6-7-16-31(25)38/h1-20H,37H2. The van der Waals surface area contributed by atoms with E-state index in [0.29, 0.717) is 0 Å². The van der Waals surface area contributed by atoms with Crippen LogP contribution in [0, 0.1) is 0 Å². The lowest BCUT2D eigenvalue weighted by Crippen LogP contribution is -2.02. The van der Waals surface area contributed by atoms with Crippen molar-refractivity contribution in [1.82, 2.24) is 0 Å². The summed E-state index contributed by atoms with van der Waals surface area (Å²) < 4.78 is 0. The highest BCUT2D eigenvalue weighted by atomic mass is 35.5. The number of hydrogen-bond donors (Lipinski definition) is 0. The van der Waals surface area contributed by atoms with Gasteiger partial charge in [0.05, 0.1) is 0 Å². The SMILES string of the molecule is Bc1ccc2c3c(cccc13)-c1c-2c(-c2ccccc2Cl)c2cc3ccccc3cc2c1-c1ccccc1. The van der Waals surface area contributed by atoms with Crippen molar-refractivity contribution >= 4 is 57.2 Å². The lowest BCUT2D eigenvalue weighted by atomic mass is 9.81. The molecule has 176 valence electrons. The van der Waals surface area contributed by atoms with Crippen molar-refractivity contribution in [2.45, 2.75) is 0 Å². The van der Waals surface area contributed by atoms with Gasteiger partial charge in [-0.1, -0.05) is 120 Å². The van der Waals surface area contributed by atoms with E-state index in [1.54, 1.807) is 0 Å². The first-order chi connectivity index (χ1) is 18.7. The van der Waals surface area contributed by atoms with Crippen LogP contribution in [-0.4, -0.2) is 7.85 Å². The van der Waals surface area contributed by atoms with Crippen LogP contribution in [0.1, 0.15) is 0 Å². The second-order valence-electron chi connectivity index (χ2n) is 10.2. The molecule has 0 aliphatic heterocycles. The number of rotatable bonds is 2. The Balaban J connectivity index is 1.70. The summed E-state index contributed by atoms with van der Waals surface area (Å²) in [6, 6.07) is 43.9. The molecule has 7 aromatic carbocycles. The molecule has 0 atom stereocenters. The third-order valence-corrected chi connectivity index (χ3v) is 8.51. The van der Waals surface area contributed by atoms with E-state index in [1.165, 1.54) is 76.7 Å². The maximum absolute atomic E-state index is 6.98. The first-order valence-electron chi connectivity index (χ1n) is 13.1. The smallest absolute Gasteiger partial charge is 0.0837 e. The molecule has 7 aromatic rings. The Hall–Kier alpha value is -4.33. The summed E-state index contributed by atoms with van der Waals surface area (Å²) in [5, 5.41) is 8.39. The molecule has 0 fully saturated rings. The molecular weight excluding hydrogens is 479 g/mol. The van der Waals surface area contributed by atoms with Crippen molar-refractivity contribution < 1.29 is 0 Å². The monoisotopic (exact) mass is 500 g/mol. The van der Waals surface area contributed by atoms with Crippen molar-refractivity contribution in [2.75, 3.05) is 0 Å². The summed E-state index contributed by atoms with van der Waals surface area (Å²) in [7, 11) is 2.21. The van der Waals surface area contributed by atoms with Crippen molar-refractivity contribution in [1.29, 1.82) is 0 Å². The summed E-state index contributed by atoms with van der Waals surface area (Å²) in [4.78, 5) is 0. The van der Waals surface area contributed by atoms with Crippen molar-refractivity contribution in [3.8, 4) is 44.5 Å². The quantitative estimate of drug-likeness (QED) is 0.164. The molecular formula is C36H22BCl. The Morgan fingerprint density at radius 1 is 0.447 bits per heavy atom. The van der Waals surface area contributed by atoms with E-state index in [4.69, 9.17) is 11.6 Å². The fourth-order valence-corrected chi connectivity index (χ4v) is 6.76. The average molecular weight is 501 g/mol. The molecule has 0 radical (unpaired) electrons. The molecule has 0 amide bonds. The van der Waals surface area contributed by atoms with Crippen LogP contribution in [0.15, 0.2) is 121 Å². The van der Waals surface area contributed by atoms with E-state index < -0.39 is 0 Å². The Morgan fingerprint density at radius 2 is 1.05 bits per heavy atom. The summed E-state index contributed by atoms with van der Waals surface area (Å²) in [6.45, 7) is 0. The lowest BCUT2D eigenvalue weighted by molar-refractivity contribution is 1.63. The minimum Gasteiger partial charge on any atom is -0.0837 e. The van der Waals surface area contributed by atoms with Crippen molar-refractivity contribution in [3.05, 3.63) is 126 Å². The fraction of sp³-hybridized carbons (Fsp3) is 0. The molecule has 0 saturated heterocycles. The summed E-state index contributed by atoms with van der Waals surface area (Å²) in [6.07, 6.45) is 0. The molecule has 0 spiro atoms. The van der Waals surface area contributed by atoms with Crippen molar-refractivity contribution in [3.63, 3.8) is 0 Å². The van der Waals surface area contributed by atoms with Gasteiger partial charge in [-0.25, -0.2) is 0 Å². The third kappa shape index (κ3) is 2.94. The van der Waals surface area contributed by atoms with E-state index >= 15 is 0 Å². The highest BCUT2D eigenvalue weighted by molar-refractivity contribution is 6.42. The molecule has 0 saturated carbocycles. The number of halogens is 1. The molecule has 1 aliphatic rings. The van der Waals surface area contributed by atoms with Gasteiger partial charge in [0, 0.05) is 10.6 Å². The van der Waals surface area contributed by atoms with Crippen molar-refractivity contribution in [2.24, 2.45) is 0 Å². The van der Waals surface area contributed by atoms with Gasteiger partial charge >= 0.3 is 0 Å². The first-order valence-corrected chi connectivity index (χ1v) is 13.4. The van der Waals surface area contributed by atoms with Crippen LogP contribution in [0.3, 0.4) is 0 Å². The fourth-order valence-electron chi connectivity index (χ4n) is 6.53. The molecule has 8 rings (SSSR count). The highest BCUT2D eigenvalue weighted by Gasteiger charge is 2.31. The van der Waals surface area contributed by atoms with Gasteiger partial charge in [-0.3, -0.25) is 0 Å². The predicted octanol–water partition coefficient (Wildman–Crippen LogP) is 9.04. The number of benzene rings is 7. The molecule has 0 unspecified atom stereocenters. The van der Waals surface area contributed by atoms with Gasteiger partial charge in [0.25, 0.3) is 0 Å². The largest absolute Gasteiger partial charge is 0.140 e. The molecule has 0 bridgehead atoms. The Morgan fingerprint density at radius 3 is 1.82 bits per heavy atom.